The van der Waals surface area contributed by atoms with Crippen molar-refractivity contribution in [1.82, 2.24) is 14.3 Å². The SMILES string of the molecule is COC(=O)c1cccc(S(=O)(=O)N(Cc2cccnc2)Cc2cc3cc(C)cc(C)c3[nH]c2=O)c1. The van der Waals surface area contributed by atoms with Crippen molar-refractivity contribution in [2.24, 2.45) is 0 Å². The highest BCUT2D eigenvalue weighted by Crippen LogP contribution is 2.23. The molecule has 0 spiro atoms. The number of sulfonamides is 1. The number of nitrogens with zero attached hydrogens (tertiary/aromatic N) is 2. The molecule has 0 aliphatic carbocycles. The van der Waals surface area contributed by atoms with E-state index in [9.17, 15) is 18.0 Å². The van der Waals surface area contributed by atoms with Gasteiger partial charge in [0.15, 0.2) is 0 Å². The Labute approximate surface area is 203 Å². The van der Waals surface area contributed by atoms with E-state index in [-0.39, 0.29) is 29.1 Å². The summed E-state index contributed by atoms with van der Waals surface area (Å²) in [6.45, 7) is 3.70. The van der Waals surface area contributed by atoms with Crippen molar-refractivity contribution < 1.29 is 17.9 Å². The van der Waals surface area contributed by atoms with Gasteiger partial charge in [0.2, 0.25) is 10.0 Å². The van der Waals surface area contributed by atoms with Crippen molar-refractivity contribution in [3.8, 4) is 0 Å². The van der Waals surface area contributed by atoms with E-state index in [0.717, 1.165) is 22.0 Å². The third kappa shape index (κ3) is 5.16. The fourth-order valence-corrected chi connectivity index (χ4v) is 5.46. The second-order valence-corrected chi connectivity index (χ2v) is 10.3. The smallest absolute Gasteiger partial charge is 0.337 e. The molecule has 35 heavy (non-hydrogen) atoms. The van der Waals surface area contributed by atoms with Crippen LogP contribution in [-0.2, 0) is 27.8 Å². The van der Waals surface area contributed by atoms with Crippen molar-refractivity contribution in [3.63, 3.8) is 0 Å². The van der Waals surface area contributed by atoms with Crippen LogP contribution in [0.3, 0.4) is 0 Å². The van der Waals surface area contributed by atoms with Crippen molar-refractivity contribution in [2.45, 2.75) is 31.8 Å². The normalized spacial score (nSPS) is 11.7. The lowest BCUT2D eigenvalue weighted by molar-refractivity contribution is 0.0600. The van der Waals surface area contributed by atoms with Crippen LogP contribution in [0, 0.1) is 13.8 Å². The Bertz CT molecular complexity index is 1560. The average Bonchev–Trinajstić information content (AvgIpc) is 2.84. The number of esters is 1. The molecule has 4 aromatic rings. The molecule has 2 heterocycles. The fraction of sp³-hybridized carbons (Fsp3) is 0.192. The minimum Gasteiger partial charge on any atom is -0.465 e. The van der Waals surface area contributed by atoms with Crippen LogP contribution in [0.15, 0.2) is 76.7 Å². The minimum atomic E-state index is -4.10. The summed E-state index contributed by atoms with van der Waals surface area (Å²) >= 11 is 0. The Morgan fingerprint density at radius 2 is 1.86 bits per heavy atom. The highest BCUT2D eigenvalue weighted by Gasteiger charge is 2.27. The van der Waals surface area contributed by atoms with Crippen molar-refractivity contribution >= 4 is 26.9 Å². The Kier molecular flexibility index (Phi) is 6.81. The average molecular weight is 492 g/mol. The molecule has 2 aromatic carbocycles. The first kappa shape index (κ1) is 24.3. The summed E-state index contributed by atoms with van der Waals surface area (Å²) in [7, 11) is -2.87. The van der Waals surface area contributed by atoms with Crippen LogP contribution in [-0.4, -0.2) is 35.8 Å². The molecule has 0 unspecified atom stereocenters. The van der Waals surface area contributed by atoms with Gasteiger partial charge in [-0.05, 0) is 66.8 Å². The van der Waals surface area contributed by atoms with Crippen LogP contribution in [0.5, 0.6) is 0 Å². The van der Waals surface area contributed by atoms with E-state index in [1.54, 1.807) is 30.6 Å². The van der Waals surface area contributed by atoms with Crippen molar-refractivity contribution in [1.29, 1.82) is 0 Å². The zero-order valence-corrected chi connectivity index (χ0v) is 20.4. The maximum atomic E-state index is 13.7. The van der Waals surface area contributed by atoms with E-state index >= 15 is 0 Å². The van der Waals surface area contributed by atoms with Crippen LogP contribution < -0.4 is 5.56 Å². The first-order valence-electron chi connectivity index (χ1n) is 10.9. The van der Waals surface area contributed by atoms with E-state index in [0.29, 0.717) is 11.1 Å². The standard InChI is InChI=1S/C26H25N3O5S/c1-17-10-18(2)24-21(11-17)12-22(25(30)28-24)16-29(15-19-6-5-9-27-14-19)35(32,33)23-8-4-7-20(13-23)26(31)34-3/h4-14H,15-16H2,1-3H3,(H,28,30). The lowest BCUT2D eigenvalue weighted by Crippen LogP contribution is -2.32. The summed E-state index contributed by atoms with van der Waals surface area (Å²) in [6, 6.07) is 14.8. The lowest BCUT2D eigenvalue weighted by atomic mass is 10.1. The van der Waals surface area contributed by atoms with Gasteiger partial charge >= 0.3 is 5.97 Å². The van der Waals surface area contributed by atoms with Crippen LogP contribution in [0.1, 0.15) is 32.6 Å². The summed E-state index contributed by atoms with van der Waals surface area (Å²) in [5.74, 6) is -0.641. The molecular formula is C26H25N3O5S. The van der Waals surface area contributed by atoms with Crippen molar-refractivity contribution in [2.75, 3.05) is 7.11 Å². The highest BCUT2D eigenvalue weighted by atomic mass is 32.2. The third-order valence-electron chi connectivity index (χ3n) is 5.69. The first-order chi connectivity index (χ1) is 16.7. The number of nitrogens with one attached hydrogen (secondary N) is 1. The molecule has 8 nitrogen and oxygen atoms in total. The quantitative estimate of drug-likeness (QED) is 0.395. The molecule has 0 saturated carbocycles. The zero-order chi connectivity index (χ0) is 25.2. The molecule has 1 N–H and O–H groups in total. The lowest BCUT2D eigenvalue weighted by Gasteiger charge is -2.22. The monoisotopic (exact) mass is 491 g/mol. The first-order valence-corrected chi connectivity index (χ1v) is 12.3. The van der Waals surface area contributed by atoms with Gasteiger partial charge in [-0.3, -0.25) is 9.78 Å². The second kappa shape index (κ2) is 9.81. The Morgan fingerprint density at radius 1 is 1.06 bits per heavy atom. The molecule has 2 aromatic heterocycles. The van der Waals surface area contributed by atoms with Gasteiger partial charge in [0.25, 0.3) is 5.56 Å². The molecule has 0 saturated heterocycles. The van der Waals surface area contributed by atoms with Gasteiger partial charge in [0.05, 0.1) is 23.1 Å². The summed E-state index contributed by atoms with van der Waals surface area (Å²) in [5, 5.41) is 0.823. The molecule has 0 atom stereocenters. The van der Waals surface area contributed by atoms with Gasteiger partial charge < -0.3 is 9.72 Å². The Balaban J connectivity index is 1.80. The molecule has 0 aliphatic rings. The Morgan fingerprint density at radius 3 is 2.57 bits per heavy atom. The van der Waals surface area contributed by atoms with Gasteiger partial charge in [0, 0.05) is 31.0 Å². The number of aromatic amines is 1. The summed E-state index contributed by atoms with van der Waals surface area (Å²) < 4.78 is 33.4. The molecule has 0 amide bonds. The molecule has 9 heteroatoms. The van der Waals surface area contributed by atoms with E-state index in [2.05, 4.69) is 9.97 Å². The topological polar surface area (TPSA) is 109 Å². The highest BCUT2D eigenvalue weighted by molar-refractivity contribution is 7.89. The van der Waals surface area contributed by atoms with E-state index in [4.69, 9.17) is 4.74 Å². The number of pyridine rings is 2. The number of benzene rings is 2. The number of aromatic nitrogens is 2. The van der Waals surface area contributed by atoms with Gasteiger partial charge in [-0.25, -0.2) is 13.2 Å². The fourth-order valence-electron chi connectivity index (χ4n) is 4.01. The second-order valence-electron chi connectivity index (χ2n) is 8.32. The molecule has 0 radical (unpaired) electrons. The van der Waals surface area contributed by atoms with E-state index in [1.807, 2.05) is 26.0 Å². The van der Waals surface area contributed by atoms with Gasteiger partial charge in [-0.1, -0.05) is 23.8 Å². The van der Waals surface area contributed by atoms with Crippen LogP contribution in [0.4, 0.5) is 0 Å². The minimum absolute atomic E-state index is 0.0110. The molecule has 0 bridgehead atoms. The summed E-state index contributed by atoms with van der Waals surface area (Å²) in [5.41, 5.74) is 3.40. The predicted molar refractivity (Wildman–Crippen MR) is 132 cm³/mol. The van der Waals surface area contributed by atoms with E-state index in [1.165, 1.54) is 35.7 Å². The predicted octanol–water partition coefficient (Wildman–Crippen LogP) is 3.72. The van der Waals surface area contributed by atoms with E-state index < -0.39 is 16.0 Å². The third-order valence-corrected chi connectivity index (χ3v) is 7.48. The van der Waals surface area contributed by atoms with Gasteiger partial charge in [-0.15, -0.1) is 0 Å². The van der Waals surface area contributed by atoms with Crippen LogP contribution >= 0.6 is 0 Å². The number of hydrogen-bond acceptors (Lipinski definition) is 6. The number of rotatable bonds is 7. The Hall–Kier alpha value is -3.82. The van der Waals surface area contributed by atoms with Crippen LogP contribution in [0.25, 0.3) is 10.9 Å². The molecule has 180 valence electrons. The number of carbonyl (C=O) groups excluding carboxylic acids is 1. The van der Waals surface area contributed by atoms with Crippen LogP contribution in [0.2, 0.25) is 0 Å². The largest absolute Gasteiger partial charge is 0.465 e. The number of hydrogen-bond donors (Lipinski definition) is 1. The van der Waals surface area contributed by atoms with Gasteiger partial charge in [-0.2, -0.15) is 4.31 Å². The summed E-state index contributed by atoms with van der Waals surface area (Å²) in [4.78, 5) is 31.8. The summed E-state index contributed by atoms with van der Waals surface area (Å²) in [6.07, 6.45) is 3.17. The number of H-pyrrole nitrogens is 1. The molecule has 0 fully saturated rings. The molecule has 0 aliphatic heterocycles. The maximum absolute atomic E-state index is 13.7. The van der Waals surface area contributed by atoms with Gasteiger partial charge in [0.1, 0.15) is 0 Å². The maximum Gasteiger partial charge on any atom is 0.337 e. The number of carbonyl (C=O) groups is 1. The number of methoxy groups -OCH3 is 1. The number of fused-ring (bicyclic) bond motifs is 1. The number of ether oxygens (including phenoxy) is 1. The molecule has 4 rings (SSSR count). The number of aryl methyl sites for hydroxylation is 2. The zero-order valence-electron chi connectivity index (χ0n) is 19.6. The van der Waals surface area contributed by atoms with Crippen molar-refractivity contribution in [3.05, 3.63) is 105 Å². The molecular weight excluding hydrogens is 466 g/mol.